The van der Waals surface area contributed by atoms with Crippen LogP contribution in [-0.4, -0.2) is 67.7 Å². The summed E-state index contributed by atoms with van der Waals surface area (Å²) in [7, 11) is -2.18. The van der Waals surface area contributed by atoms with E-state index in [0.717, 1.165) is 29.7 Å². The highest BCUT2D eigenvalue weighted by molar-refractivity contribution is 6.74. The minimum Gasteiger partial charge on any atom is -0.452 e. The van der Waals surface area contributed by atoms with E-state index in [1.54, 1.807) is 13.8 Å². The van der Waals surface area contributed by atoms with Gasteiger partial charge in [0.05, 0.1) is 17.7 Å². The van der Waals surface area contributed by atoms with Gasteiger partial charge >= 0.3 is 5.97 Å². The molecule has 0 radical (unpaired) electrons. The Kier molecular flexibility index (Phi) is 15.5. The first-order valence-electron chi connectivity index (χ1n) is 17.5. The zero-order chi connectivity index (χ0) is 36.4. The molecule has 1 aliphatic rings. The van der Waals surface area contributed by atoms with Crippen LogP contribution in [0, 0.1) is 11.8 Å². The van der Waals surface area contributed by atoms with Crippen molar-refractivity contribution in [2.45, 2.75) is 136 Å². The summed E-state index contributed by atoms with van der Waals surface area (Å²) >= 11 is 0. The Morgan fingerprint density at radius 2 is 1.73 bits per heavy atom. The van der Waals surface area contributed by atoms with E-state index in [0.29, 0.717) is 19.4 Å². The average molecular weight is 683 g/mol. The van der Waals surface area contributed by atoms with Gasteiger partial charge in [-0.3, -0.25) is 14.4 Å². The number of nitrogens with zero attached hydrogens (tertiary/aromatic N) is 2. The first kappa shape index (κ1) is 41.1. The third-order valence-corrected chi connectivity index (χ3v) is 14.1. The van der Waals surface area contributed by atoms with Crippen LogP contribution in [0.15, 0.2) is 48.6 Å². The van der Waals surface area contributed by atoms with Gasteiger partial charge in [0.1, 0.15) is 6.04 Å². The van der Waals surface area contributed by atoms with Crippen molar-refractivity contribution in [2.75, 3.05) is 6.54 Å². The molecule has 0 aromatic heterocycles. The molecule has 6 atom stereocenters. The number of amides is 2. The van der Waals surface area contributed by atoms with Crippen LogP contribution in [0.1, 0.15) is 105 Å². The predicted molar refractivity (Wildman–Crippen MR) is 199 cm³/mol. The van der Waals surface area contributed by atoms with Gasteiger partial charge in [0.25, 0.3) is 11.8 Å². The number of carbonyl (C=O) groups excluding carboxylic acids is 3. The van der Waals surface area contributed by atoms with Crippen molar-refractivity contribution in [1.29, 1.82) is 0 Å². The van der Waals surface area contributed by atoms with E-state index in [4.69, 9.17) is 14.3 Å². The van der Waals surface area contributed by atoms with Gasteiger partial charge in [0.15, 0.2) is 14.4 Å². The second kappa shape index (κ2) is 18.1. The maximum atomic E-state index is 13.5. The molecule has 2 rings (SSSR count). The first-order valence-corrected chi connectivity index (χ1v) is 20.4. The molecule has 9 nitrogen and oxygen atoms in total. The maximum absolute atomic E-state index is 13.5. The van der Waals surface area contributed by atoms with Crippen LogP contribution in [0.3, 0.4) is 0 Å². The topological polar surface area (TPSA) is 109 Å². The van der Waals surface area contributed by atoms with Crippen LogP contribution >= 0.6 is 0 Å². The molecule has 1 aliphatic heterocycles. The Morgan fingerprint density at radius 1 is 1.06 bits per heavy atom. The van der Waals surface area contributed by atoms with Crippen LogP contribution in [0.2, 0.25) is 18.1 Å². The van der Waals surface area contributed by atoms with Gasteiger partial charge in [-0.25, -0.2) is 5.01 Å². The standard InChI is InChI=1S/C38H62N4O5Si/c1-14-16-22-33(47-48(12,13)38(9,10)11)26(5)37(45)46-34(25(3)4)35(43)40-29(8)36(44)42-23-18-21-32(41-42)28(7)39-27(6)31-20-17-19-30(15-2)24-31/h14-15,17,19-20,24-29,33-34,39H,1-2,16,18,21-23H2,3-13H3,(H,40,43). The molecule has 0 aliphatic carbocycles. The van der Waals surface area contributed by atoms with Crippen molar-refractivity contribution < 1.29 is 23.5 Å². The van der Waals surface area contributed by atoms with Gasteiger partial charge in [-0.15, -0.1) is 6.58 Å². The van der Waals surface area contributed by atoms with Crippen LogP contribution < -0.4 is 10.6 Å². The number of benzene rings is 1. The zero-order valence-electron chi connectivity index (χ0n) is 31.4. The number of rotatable bonds is 17. The summed E-state index contributed by atoms with van der Waals surface area (Å²) < 4.78 is 12.5. The van der Waals surface area contributed by atoms with Gasteiger partial charge in [0.2, 0.25) is 0 Å². The summed E-state index contributed by atoms with van der Waals surface area (Å²) in [5.41, 5.74) is 3.09. The zero-order valence-corrected chi connectivity index (χ0v) is 32.4. The lowest BCUT2D eigenvalue weighted by atomic mass is 10.00. The lowest BCUT2D eigenvalue weighted by Gasteiger charge is -2.40. The van der Waals surface area contributed by atoms with Crippen molar-refractivity contribution in [3.63, 3.8) is 0 Å². The molecule has 0 spiro atoms. The monoisotopic (exact) mass is 682 g/mol. The Balaban J connectivity index is 2.09. The Morgan fingerprint density at radius 3 is 2.31 bits per heavy atom. The van der Waals surface area contributed by atoms with Crippen LogP contribution in [0.25, 0.3) is 6.08 Å². The van der Waals surface area contributed by atoms with Gasteiger partial charge < -0.3 is 19.8 Å². The largest absolute Gasteiger partial charge is 0.452 e. The fourth-order valence-electron chi connectivity index (χ4n) is 5.36. The highest BCUT2D eigenvalue weighted by Crippen LogP contribution is 2.39. The van der Waals surface area contributed by atoms with Gasteiger partial charge in [0, 0.05) is 18.6 Å². The molecular weight excluding hydrogens is 621 g/mol. The molecule has 2 amide bonds. The third kappa shape index (κ3) is 11.5. The fourth-order valence-corrected chi connectivity index (χ4v) is 6.79. The fraction of sp³-hybridized carbons (Fsp3) is 0.632. The number of ether oxygens (including phenoxy) is 1. The smallest absolute Gasteiger partial charge is 0.312 e. The number of allylic oxidation sites excluding steroid dienone is 1. The van der Waals surface area contributed by atoms with E-state index < -0.39 is 38.3 Å². The van der Waals surface area contributed by atoms with Gasteiger partial charge in [-0.05, 0) is 88.6 Å². The highest BCUT2D eigenvalue weighted by Gasteiger charge is 2.42. The summed E-state index contributed by atoms with van der Waals surface area (Å²) in [5.74, 6) is -2.21. The summed E-state index contributed by atoms with van der Waals surface area (Å²) in [6, 6.07) is 7.36. The van der Waals surface area contributed by atoms with Crippen LogP contribution in [-0.2, 0) is 23.5 Å². The highest BCUT2D eigenvalue weighted by atomic mass is 28.4. The van der Waals surface area contributed by atoms with Gasteiger partial charge in [-0.2, -0.15) is 5.10 Å². The second-order valence-electron chi connectivity index (χ2n) is 15.0. The number of hydrogen-bond acceptors (Lipinski definition) is 7. The summed E-state index contributed by atoms with van der Waals surface area (Å²) in [4.78, 5) is 40.4. The number of carbonyl (C=O) groups is 3. The van der Waals surface area contributed by atoms with Gasteiger partial charge in [-0.1, -0.05) is 77.6 Å². The van der Waals surface area contributed by atoms with E-state index in [9.17, 15) is 14.4 Å². The molecule has 0 saturated carbocycles. The molecule has 268 valence electrons. The quantitative estimate of drug-likeness (QED) is 0.101. The van der Waals surface area contributed by atoms with Crippen molar-refractivity contribution in [3.05, 3.63) is 54.6 Å². The van der Waals surface area contributed by atoms with Crippen molar-refractivity contribution in [3.8, 4) is 0 Å². The first-order chi connectivity index (χ1) is 22.3. The Labute approximate surface area is 291 Å². The Bertz CT molecular complexity index is 1300. The molecule has 0 saturated heterocycles. The second-order valence-corrected chi connectivity index (χ2v) is 19.8. The molecule has 1 aromatic carbocycles. The van der Waals surface area contributed by atoms with E-state index in [2.05, 4.69) is 76.7 Å². The molecule has 6 unspecified atom stereocenters. The van der Waals surface area contributed by atoms with E-state index >= 15 is 0 Å². The third-order valence-electron chi connectivity index (χ3n) is 9.63. The number of hydrogen-bond donors (Lipinski definition) is 2. The lowest BCUT2D eigenvalue weighted by Crippen LogP contribution is -2.52. The number of esters is 1. The molecular formula is C38H62N4O5Si. The summed E-state index contributed by atoms with van der Waals surface area (Å²) in [6.07, 6.45) is 5.09. The van der Waals surface area contributed by atoms with Crippen molar-refractivity contribution >= 4 is 37.9 Å². The maximum Gasteiger partial charge on any atom is 0.312 e. The molecule has 1 heterocycles. The molecule has 0 bridgehead atoms. The molecule has 10 heteroatoms. The predicted octanol–water partition coefficient (Wildman–Crippen LogP) is 7.41. The summed E-state index contributed by atoms with van der Waals surface area (Å²) in [5, 5.41) is 12.5. The molecule has 1 aromatic rings. The van der Waals surface area contributed by atoms with Crippen molar-refractivity contribution in [1.82, 2.24) is 15.6 Å². The average Bonchev–Trinajstić information content (AvgIpc) is 3.03. The molecule has 48 heavy (non-hydrogen) atoms. The van der Waals surface area contributed by atoms with Crippen molar-refractivity contribution in [2.24, 2.45) is 16.9 Å². The van der Waals surface area contributed by atoms with Crippen LogP contribution in [0.5, 0.6) is 0 Å². The van der Waals surface area contributed by atoms with E-state index in [1.165, 1.54) is 5.01 Å². The SMILES string of the molecule is C=CCCC(O[Si](C)(C)C(C)(C)C)C(C)C(=O)OC(C(=O)NC(C)C(=O)N1CCCC(C(C)NC(C)c2cccc(C=C)c2)=N1)C(C)C. The minimum atomic E-state index is -2.18. The molecule has 2 N–H and O–H groups in total. The lowest BCUT2D eigenvalue weighted by molar-refractivity contribution is -0.165. The van der Waals surface area contributed by atoms with E-state index in [-0.39, 0.29) is 35.1 Å². The Hall–Kier alpha value is -3.08. The molecule has 0 fully saturated rings. The van der Waals surface area contributed by atoms with E-state index in [1.807, 2.05) is 45.1 Å². The number of nitrogens with one attached hydrogen (secondary N) is 2. The van der Waals surface area contributed by atoms with Crippen LogP contribution in [0.4, 0.5) is 0 Å². The summed E-state index contributed by atoms with van der Waals surface area (Å²) in [6.45, 7) is 30.2. The normalized spacial score (nSPS) is 17.8. The number of hydrazone groups is 1. The minimum absolute atomic E-state index is 0.0315.